The minimum Gasteiger partial charge on any atom is -0.461 e. The van der Waals surface area contributed by atoms with Crippen LogP contribution in [0.4, 0.5) is 0 Å². The van der Waals surface area contributed by atoms with Crippen molar-refractivity contribution in [3.05, 3.63) is 35.9 Å². The van der Waals surface area contributed by atoms with Crippen LogP contribution in [0.5, 0.6) is 0 Å². The Morgan fingerprint density at radius 3 is 2.24 bits per heavy atom. The van der Waals surface area contributed by atoms with E-state index in [-0.39, 0.29) is 16.8 Å². The average Bonchev–Trinajstić information content (AvgIpc) is 2.39. The monoisotopic (exact) mass is 309 g/mol. The van der Waals surface area contributed by atoms with Crippen LogP contribution in [0.2, 0.25) is 0 Å². The Kier molecular flexibility index (Phi) is 6.29. The zero-order valence-electron chi connectivity index (χ0n) is 13.9. The Hall–Kier alpha value is -1.00. The van der Waals surface area contributed by atoms with Crippen LogP contribution in [0.3, 0.4) is 0 Å². The number of hydrogen-bond donors (Lipinski definition) is 1. The third-order valence-corrected chi connectivity index (χ3v) is 4.08. The maximum Gasteiger partial charge on any atom is 0.332 e. The van der Waals surface area contributed by atoms with Crippen molar-refractivity contribution in [2.45, 2.75) is 64.4 Å². The minimum absolute atomic E-state index is 0.00725. The van der Waals surface area contributed by atoms with Gasteiger partial charge in [0.1, 0.15) is 0 Å². The molecule has 0 heterocycles. The van der Waals surface area contributed by atoms with Crippen LogP contribution in [0.1, 0.15) is 53.5 Å². The molecule has 4 heteroatoms. The van der Waals surface area contributed by atoms with E-state index in [2.05, 4.69) is 25.5 Å². The first-order valence-electron chi connectivity index (χ1n) is 7.43. The van der Waals surface area contributed by atoms with Gasteiger partial charge in [0.05, 0.1) is 6.10 Å². The Morgan fingerprint density at radius 1 is 1.24 bits per heavy atom. The molecule has 21 heavy (non-hydrogen) atoms. The summed E-state index contributed by atoms with van der Waals surface area (Å²) in [5.74, 6) is -0.219. The molecule has 0 aliphatic rings. The minimum atomic E-state index is -0.816. The normalized spacial score (nSPS) is 14.8. The van der Waals surface area contributed by atoms with Gasteiger partial charge in [0.2, 0.25) is 0 Å². The van der Waals surface area contributed by atoms with Gasteiger partial charge in [0, 0.05) is 4.75 Å². The average molecular weight is 309 g/mol. The van der Waals surface area contributed by atoms with Gasteiger partial charge in [-0.2, -0.15) is 0 Å². The molecule has 0 aromatic heterocycles. The molecule has 1 aromatic carbocycles. The zero-order chi connectivity index (χ0) is 16.1. The topological polar surface area (TPSA) is 38.3 Å². The molecule has 0 amide bonds. The number of carbonyl (C=O) groups is 1. The molecule has 0 saturated carbocycles. The van der Waals surface area contributed by atoms with Crippen molar-refractivity contribution >= 4 is 17.9 Å². The molecule has 0 aliphatic heterocycles. The Morgan fingerprint density at radius 2 is 1.81 bits per heavy atom. The highest BCUT2D eigenvalue weighted by Crippen LogP contribution is 2.33. The summed E-state index contributed by atoms with van der Waals surface area (Å²) >= 11 is 1.56. The summed E-state index contributed by atoms with van der Waals surface area (Å²) in [7, 11) is 0. The van der Waals surface area contributed by atoms with Crippen molar-refractivity contribution in [1.29, 1.82) is 0 Å². The summed E-state index contributed by atoms with van der Waals surface area (Å²) in [6.07, 6.45) is 0.500. The van der Waals surface area contributed by atoms with Crippen molar-refractivity contribution in [2.75, 3.05) is 0 Å². The van der Waals surface area contributed by atoms with Crippen LogP contribution in [-0.4, -0.2) is 16.8 Å². The fourth-order valence-electron chi connectivity index (χ4n) is 1.92. The van der Waals surface area contributed by atoms with Crippen LogP contribution in [0.15, 0.2) is 30.3 Å². The van der Waals surface area contributed by atoms with Crippen molar-refractivity contribution in [1.82, 2.24) is 4.72 Å². The van der Waals surface area contributed by atoms with Gasteiger partial charge < -0.3 is 4.74 Å². The quantitative estimate of drug-likeness (QED) is 0.629. The van der Waals surface area contributed by atoms with Crippen LogP contribution >= 0.6 is 11.9 Å². The summed E-state index contributed by atoms with van der Waals surface area (Å²) in [6.45, 7) is 12.1. The van der Waals surface area contributed by atoms with E-state index in [9.17, 15) is 4.79 Å². The van der Waals surface area contributed by atoms with Crippen LogP contribution < -0.4 is 4.72 Å². The fourth-order valence-corrected chi connectivity index (χ4v) is 2.74. The summed E-state index contributed by atoms with van der Waals surface area (Å²) in [5.41, 5.74) is 0.124. The SMILES string of the molecule is CCC(NSC(C)(C)C)(C(=O)OC(C)C)c1ccccc1. The first-order valence-corrected chi connectivity index (χ1v) is 8.24. The molecule has 1 N–H and O–H groups in total. The highest BCUT2D eigenvalue weighted by Gasteiger charge is 2.41. The highest BCUT2D eigenvalue weighted by molar-refractivity contribution is 7.98. The molecule has 0 spiro atoms. The zero-order valence-corrected chi connectivity index (χ0v) is 14.7. The Bertz CT molecular complexity index is 454. The molecule has 0 bridgehead atoms. The smallest absolute Gasteiger partial charge is 0.332 e. The Labute approximate surface area is 133 Å². The molecule has 0 radical (unpaired) electrons. The van der Waals surface area contributed by atoms with Crippen LogP contribution in [0.25, 0.3) is 0 Å². The second-order valence-electron chi connectivity index (χ2n) is 6.40. The lowest BCUT2D eigenvalue weighted by Gasteiger charge is -2.34. The molecule has 0 fully saturated rings. The summed E-state index contributed by atoms with van der Waals surface area (Å²) in [4.78, 5) is 12.7. The van der Waals surface area contributed by atoms with E-state index in [1.54, 1.807) is 11.9 Å². The summed E-state index contributed by atoms with van der Waals surface area (Å²) in [6, 6.07) is 9.80. The van der Waals surface area contributed by atoms with Gasteiger partial charge in [-0.3, -0.25) is 0 Å². The number of benzene rings is 1. The van der Waals surface area contributed by atoms with Gasteiger partial charge in [-0.1, -0.05) is 49.2 Å². The van der Waals surface area contributed by atoms with Gasteiger partial charge in [-0.25, -0.2) is 9.52 Å². The second kappa shape index (κ2) is 7.32. The summed E-state index contributed by atoms with van der Waals surface area (Å²) < 4.78 is 8.91. The molecule has 1 aromatic rings. The van der Waals surface area contributed by atoms with Gasteiger partial charge in [0.25, 0.3) is 0 Å². The Balaban J connectivity index is 3.15. The van der Waals surface area contributed by atoms with E-state index in [4.69, 9.17) is 4.74 Å². The highest BCUT2D eigenvalue weighted by atomic mass is 32.2. The number of esters is 1. The predicted octanol–water partition coefficient (Wildman–Crippen LogP) is 4.28. The van der Waals surface area contributed by atoms with Crippen LogP contribution in [0, 0.1) is 0 Å². The van der Waals surface area contributed by atoms with Crippen molar-refractivity contribution in [3.8, 4) is 0 Å². The molecular formula is C17H27NO2S. The summed E-state index contributed by atoms with van der Waals surface area (Å²) in [5, 5.41) is 0. The van der Waals surface area contributed by atoms with E-state index in [0.717, 1.165) is 5.56 Å². The molecule has 118 valence electrons. The lowest BCUT2D eigenvalue weighted by molar-refractivity contribution is -0.155. The van der Waals surface area contributed by atoms with Crippen LogP contribution in [-0.2, 0) is 15.1 Å². The first-order chi connectivity index (χ1) is 9.71. The standard InChI is InChI=1S/C17H27NO2S/c1-7-17(15(19)20-13(2)3,18-21-16(4,5)6)14-11-9-8-10-12-14/h8-13,18H,7H2,1-6H3. The fraction of sp³-hybridized carbons (Fsp3) is 0.588. The van der Waals surface area contributed by atoms with Gasteiger partial charge in [-0.15, -0.1) is 0 Å². The molecular weight excluding hydrogens is 282 g/mol. The molecule has 1 rings (SSSR count). The van der Waals surface area contributed by atoms with E-state index < -0.39 is 5.54 Å². The van der Waals surface area contributed by atoms with Crippen molar-refractivity contribution in [3.63, 3.8) is 0 Å². The first kappa shape index (κ1) is 18.1. The van der Waals surface area contributed by atoms with Gasteiger partial charge in [-0.05, 0) is 46.6 Å². The predicted molar refractivity (Wildman–Crippen MR) is 90.1 cm³/mol. The number of carbonyl (C=O) groups excluding carboxylic acids is 1. The number of rotatable bonds is 6. The number of hydrogen-bond acceptors (Lipinski definition) is 4. The van der Waals surface area contributed by atoms with E-state index >= 15 is 0 Å². The van der Waals surface area contributed by atoms with E-state index in [0.29, 0.717) is 6.42 Å². The van der Waals surface area contributed by atoms with Gasteiger partial charge in [0.15, 0.2) is 5.54 Å². The molecule has 0 saturated heterocycles. The maximum absolute atomic E-state index is 12.7. The number of nitrogens with one attached hydrogen (secondary N) is 1. The van der Waals surface area contributed by atoms with Crippen molar-refractivity contribution < 1.29 is 9.53 Å². The molecule has 0 aliphatic carbocycles. The molecule has 1 unspecified atom stereocenters. The largest absolute Gasteiger partial charge is 0.461 e. The van der Waals surface area contributed by atoms with E-state index in [1.807, 2.05) is 51.1 Å². The molecule has 3 nitrogen and oxygen atoms in total. The number of ether oxygens (including phenoxy) is 1. The third kappa shape index (κ3) is 5.04. The lowest BCUT2D eigenvalue weighted by atomic mass is 9.88. The third-order valence-electron chi connectivity index (χ3n) is 3.02. The van der Waals surface area contributed by atoms with Crippen molar-refractivity contribution in [2.24, 2.45) is 0 Å². The van der Waals surface area contributed by atoms with Gasteiger partial charge >= 0.3 is 5.97 Å². The maximum atomic E-state index is 12.7. The molecule has 1 atom stereocenters. The van der Waals surface area contributed by atoms with E-state index in [1.165, 1.54) is 0 Å². The second-order valence-corrected chi connectivity index (χ2v) is 8.03. The lowest BCUT2D eigenvalue weighted by Crippen LogP contribution is -2.48.